The van der Waals surface area contributed by atoms with Crippen LogP contribution in [0.4, 0.5) is 4.39 Å². The lowest BCUT2D eigenvalue weighted by Crippen LogP contribution is -2.36. The molecule has 0 aromatic heterocycles. The average Bonchev–Trinajstić information content (AvgIpc) is 2.40. The molecule has 0 bridgehead atoms. The zero-order chi connectivity index (χ0) is 16.0. The molecule has 0 atom stereocenters. The number of benzene rings is 1. The molecule has 0 saturated carbocycles. The van der Waals surface area contributed by atoms with Crippen LogP contribution in [-0.2, 0) is 11.3 Å². The van der Waals surface area contributed by atoms with E-state index >= 15 is 0 Å². The molecule has 6 heteroatoms. The van der Waals surface area contributed by atoms with E-state index in [1.54, 1.807) is 26.2 Å². The van der Waals surface area contributed by atoms with E-state index in [2.05, 4.69) is 0 Å². The molecule has 1 rings (SSSR count). The summed E-state index contributed by atoms with van der Waals surface area (Å²) < 4.78 is 14.1. The van der Waals surface area contributed by atoms with E-state index in [0.29, 0.717) is 17.7 Å². The molecule has 0 aliphatic heterocycles. The summed E-state index contributed by atoms with van der Waals surface area (Å²) in [4.78, 5) is 15.4. The van der Waals surface area contributed by atoms with Crippen LogP contribution in [0.25, 0.3) is 0 Å². The largest absolute Gasteiger partial charge is 0.389 e. The molecule has 0 heterocycles. The summed E-state index contributed by atoms with van der Waals surface area (Å²) in [6, 6.07) is 4.72. The maximum atomic E-state index is 14.1. The number of nitrogens with two attached hydrogens (primary N) is 1. The summed E-state index contributed by atoms with van der Waals surface area (Å²) >= 11 is 4.83. The highest BCUT2D eigenvalue weighted by Crippen LogP contribution is 2.13. The summed E-state index contributed by atoms with van der Waals surface area (Å²) in [6.45, 7) is 3.42. The molecule has 2 N–H and O–H groups in total. The Labute approximate surface area is 130 Å². The molecule has 0 aliphatic carbocycles. The van der Waals surface area contributed by atoms with Gasteiger partial charge in [0.2, 0.25) is 5.91 Å². The first kappa shape index (κ1) is 17.5. The molecule has 1 aromatic rings. The number of rotatable bonds is 7. The van der Waals surface area contributed by atoms with Crippen molar-refractivity contribution in [2.24, 2.45) is 5.73 Å². The Morgan fingerprint density at radius 1 is 1.38 bits per heavy atom. The first-order valence-electron chi connectivity index (χ1n) is 6.85. The van der Waals surface area contributed by atoms with Crippen LogP contribution in [0.15, 0.2) is 18.2 Å². The quantitative estimate of drug-likeness (QED) is 0.780. The van der Waals surface area contributed by atoms with Gasteiger partial charge < -0.3 is 10.6 Å². The third-order valence-corrected chi connectivity index (χ3v) is 3.36. The fourth-order valence-electron chi connectivity index (χ4n) is 1.93. The minimum absolute atomic E-state index is 0.00335. The zero-order valence-electron chi connectivity index (χ0n) is 12.7. The Kier molecular flexibility index (Phi) is 6.71. The maximum absolute atomic E-state index is 14.1. The van der Waals surface area contributed by atoms with E-state index in [1.165, 1.54) is 11.0 Å². The van der Waals surface area contributed by atoms with Gasteiger partial charge in [-0.05, 0) is 19.0 Å². The highest BCUT2D eigenvalue weighted by molar-refractivity contribution is 7.80. The van der Waals surface area contributed by atoms with Gasteiger partial charge in [0.25, 0.3) is 0 Å². The lowest BCUT2D eigenvalue weighted by atomic mass is 10.1. The fourth-order valence-corrected chi connectivity index (χ4v) is 2.06. The predicted molar refractivity (Wildman–Crippen MR) is 86.5 cm³/mol. The van der Waals surface area contributed by atoms with Crippen molar-refractivity contribution in [3.63, 3.8) is 0 Å². The van der Waals surface area contributed by atoms with Crippen molar-refractivity contribution in [3.8, 4) is 0 Å². The van der Waals surface area contributed by atoms with Crippen LogP contribution in [0.1, 0.15) is 24.5 Å². The number of carbonyl (C=O) groups excluding carboxylic acids is 1. The normalized spacial score (nSPS) is 10.7. The van der Waals surface area contributed by atoms with Crippen molar-refractivity contribution in [1.29, 1.82) is 0 Å². The van der Waals surface area contributed by atoms with E-state index < -0.39 is 0 Å². The monoisotopic (exact) mass is 311 g/mol. The molecule has 0 saturated heterocycles. The number of halogens is 1. The number of hydrogen-bond donors (Lipinski definition) is 1. The Morgan fingerprint density at radius 3 is 2.52 bits per heavy atom. The van der Waals surface area contributed by atoms with Gasteiger partial charge in [-0.2, -0.15) is 0 Å². The van der Waals surface area contributed by atoms with E-state index in [4.69, 9.17) is 18.0 Å². The standard InChI is InChI=1S/C15H22FN3OS/c1-4-7-19(10-14(20)18(2)3)9-12-6-5-11(15(17)21)8-13(12)16/h5-6,8H,4,7,9-10H2,1-3H3,(H2,17,21). The molecule has 0 unspecified atom stereocenters. The highest BCUT2D eigenvalue weighted by Gasteiger charge is 2.14. The maximum Gasteiger partial charge on any atom is 0.236 e. The minimum Gasteiger partial charge on any atom is -0.389 e. The Balaban J connectivity index is 2.83. The van der Waals surface area contributed by atoms with Crippen LogP contribution < -0.4 is 5.73 Å². The van der Waals surface area contributed by atoms with Crippen molar-refractivity contribution >= 4 is 23.1 Å². The molecular formula is C15H22FN3OS. The van der Waals surface area contributed by atoms with Crippen molar-refractivity contribution in [2.75, 3.05) is 27.2 Å². The molecule has 0 spiro atoms. The second-order valence-corrected chi connectivity index (χ2v) is 5.61. The van der Waals surface area contributed by atoms with Gasteiger partial charge in [-0.3, -0.25) is 9.69 Å². The third-order valence-electron chi connectivity index (χ3n) is 3.13. The topological polar surface area (TPSA) is 49.6 Å². The number of amides is 1. The highest BCUT2D eigenvalue weighted by atomic mass is 32.1. The van der Waals surface area contributed by atoms with Gasteiger partial charge in [0.05, 0.1) is 6.54 Å². The summed E-state index contributed by atoms with van der Waals surface area (Å²) in [5.74, 6) is -0.345. The van der Waals surface area contributed by atoms with Gasteiger partial charge in [-0.15, -0.1) is 0 Å². The number of thiocarbonyl (C=S) groups is 1. The summed E-state index contributed by atoms with van der Waals surface area (Å²) in [5.41, 5.74) is 6.53. The lowest BCUT2D eigenvalue weighted by molar-refractivity contribution is -0.130. The lowest BCUT2D eigenvalue weighted by Gasteiger charge is -2.23. The van der Waals surface area contributed by atoms with Crippen LogP contribution in [0, 0.1) is 5.82 Å². The number of likely N-dealkylation sites (N-methyl/N-ethyl adjacent to an activating group) is 1. The van der Waals surface area contributed by atoms with E-state index in [0.717, 1.165) is 13.0 Å². The third kappa shape index (κ3) is 5.40. The summed E-state index contributed by atoms with van der Waals surface area (Å²) in [5, 5.41) is 0. The Hall–Kier alpha value is -1.53. The summed E-state index contributed by atoms with van der Waals surface area (Å²) in [7, 11) is 3.42. The predicted octanol–water partition coefficient (Wildman–Crippen LogP) is 1.76. The SMILES string of the molecule is CCCN(CC(=O)N(C)C)Cc1ccc(C(N)=S)cc1F. The van der Waals surface area contributed by atoms with Crippen LogP contribution in [0.2, 0.25) is 0 Å². The second kappa shape index (κ2) is 8.05. The molecule has 4 nitrogen and oxygen atoms in total. The van der Waals surface area contributed by atoms with Gasteiger partial charge in [0, 0.05) is 31.8 Å². The average molecular weight is 311 g/mol. The van der Waals surface area contributed by atoms with Gasteiger partial charge in [0.1, 0.15) is 10.8 Å². The molecule has 116 valence electrons. The Morgan fingerprint density at radius 2 is 2.05 bits per heavy atom. The van der Waals surface area contributed by atoms with Crippen LogP contribution in [-0.4, -0.2) is 47.9 Å². The van der Waals surface area contributed by atoms with Crippen LogP contribution in [0.5, 0.6) is 0 Å². The van der Waals surface area contributed by atoms with E-state index in [9.17, 15) is 9.18 Å². The number of nitrogens with zero attached hydrogens (tertiary/aromatic N) is 2. The fraction of sp³-hybridized carbons (Fsp3) is 0.467. The molecule has 1 aromatic carbocycles. The van der Waals surface area contributed by atoms with Crippen molar-refractivity contribution in [2.45, 2.75) is 19.9 Å². The number of carbonyl (C=O) groups is 1. The van der Waals surface area contributed by atoms with Crippen LogP contribution in [0.3, 0.4) is 0 Å². The van der Waals surface area contributed by atoms with Crippen LogP contribution >= 0.6 is 12.2 Å². The van der Waals surface area contributed by atoms with Gasteiger partial charge in [0.15, 0.2) is 0 Å². The molecule has 21 heavy (non-hydrogen) atoms. The van der Waals surface area contributed by atoms with Gasteiger partial charge >= 0.3 is 0 Å². The Bertz CT molecular complexity index is 520. The molecule has 1 amide bonds. The van der Waals surface area contributed by atoms with E-state index in [-0.39, 0.29) is 23.3 Å². The molecular weight excluding hydrogens is 289 g/mol. The minimum atomic E-state index is -0.348. The first-order valence-corrected chi connectivity index (χ1v) is 7.26. The molecule has 0 aliphatic rings. The first-order chi connectivity index (χ1) is 9.85. The van der Waals surface area contributed by atoms with Crippen molar-refractivity contribution < 1.29 is 9.18 Å². The number of hydrogen-bond acceptors (Lipinski definition) is 3. The van der Waals surface area contributed by atoms with E-state index in [1.807, 2.05) is 11.8 Å². The second-order valence-electron chi connectivity index (χ2n) is 5.17. The van der Waals surface area contributed by atoms with Crippen molar-refractivity contribution in [3.05, 3.63) is 35.1 Å². The molecule has 0 fully saturated rings. The van der Waals surface area contributed by atoms with Gasteiger partial charge in [-0.1, -0.05) is 31.3 Å². The van der Waals surface area contributed by atoms with Crippen molar-refractivity contribution in [1.82, 2.24) is 9.80 Å². The smallest absolute Gasteiger partial charge is 0.236 e. The summed E-state index contributed by atoms with van der Waals surface area (Å²) in [6.07, 6.45) is 0.896. The molecule has 0 radical (unpaired) electrons. The zero-order valence-corrected chi connectivity index (χ0v) is 13.5. The van der Waals surface area contributed by atoms with Gasteiger partial charge in [-0.25, -0.2) is 4.39 Å².